The van der Waals surface area contributed by atoms with Crippen molar-refractivity contribution < 1.29 is 5.11 Å². The van der Waals surface area contributed by atoms with E-state index in [4.69, 9.17) is 0 Å². The lowest BCUT2D eigenvalue weighted by molar-refractivity contribution is 0.404. The molecule has 2 N–H and O–H groups in total. The van der Waals surface area contributed by atoms with E-state index in [1.807, 2.05) is 18.2 Å². The summed E-state index contributed by atoms with van der Waals surface area (Å²) in [6, 6.07) is 23.0. The lowest BCUT2D eigenvalue weighted by Gasteiger charge is -2.26. The van der Waals surface area contributed by atoms with Gasteiger partial charge in [-0.3, -0.25) is 0 Å². The van der Waals surface area contributed by atoms with Gasteiger partial charge in [-0.05, 0) is 35.7 Å². The number of nitrogens with one attached hydrogen (secondary N) is 1. The molecule has 2 atom stereocenters. The molecule has 0 amide bonds. The number of unbranched alkanes of at least 4 members (excludes halogenated alkanes) is 2. The van der Waals surface area contributed by atoms with Gasteiger partial charge in [0.1, 0.15) is 5.75 Å². The fourth-order valence-corrected chi connectivity index (χ4v) is 3.70. The minimum Gasteiger partial charge on any atom is -0.508 e. The monoisotopic (exact) mass is 347 g/mol. The average Bonchev–Trinajstić information content (AvgIpc) is 2.68. The van der Waals surface area contributed by atoms with Gasteiger partial charge in [0.05, 0.1) is 0 Å². The molecule has 3 rings (SSSR count). The zero-order valence-corrected chi connectivity index (χ0v) is 15.8. The maximum atomic E-state index is 10.7. The van der Waals surface area contributed by atoms with Crippen LogP contribution in [-0.2, 0) is 0 Å². The van der Waals surface area contributed by atoms with E-state index in [9.17, 15) is 5.11 Å². The highest BCUT2D eigenvalue weighted by molar-refractivity contribution is 5.88. The fraction of sp³-hybridized carbons (Fsp3) is 0.333. The van der Waals surface area contributed by atoms with Gasteiger partial charge >= 0.3 is 0 Å². The summed E-state index contributed by atoms with van der Waals surface area (Å²) in [6.45, 7) is 4.43. The van der Waals surface area contributed by atoms with Gasteiger partial charge in [-0.15, -0.1) is 0 Å². The first kappa shape index (κ1) is 18.5. The number of phenols is 1. The molecular weight excluding hydrogens is 318 g/mol. The van der Waals surface area contributed by atoms with Gasteiger partial charge in [0.15, 0.2) is 0 Å². The zero-order chi connectivity index (χ0) is 18.4. The van der Waals surface area contributed by atoms with Crippen molar-refractivity contribution in [3.63, 3.8) is 0 Å². The number of hydrogen-bond donors (Lipinski definition) is 2. The normalized spacial score (nSPS) is 13.6. The fourth-order valence-electron chi connectivity index (χ4n) is 3.70. The third kappa shape index (κ3) is 4.25. The van der Waals surface area contributed by atoms with Gasteiger partial charge in [0, 0.05) is 17.6 Å². The van der Waals surface area contributed by atoms with Crippen LogP contribution in [-0.4, -0.2) is 5.11 Å². The Bertz CT molecular complexity index is 828. The summed E-state index contributed by atoms with van der Waals surface area (Å²) in [7, 11) is 0. The van der Waals surface area contributed by atoms with Gasteiger partial charge in [0.2, 0.25) is 0 Å². The molecule has 0 aliphatic heterocycles. The van der Waals surface area contributed by atoms with Gasteiger partial charge in [-0.2, -0.15) is 0 Å². The second kappa shape index (κ2) is 8.86. The Kier molecular flexibility index (Phi) is 6.30. The van der Waals surface area contributed by atoms with Crippen LogP contribution >= 0.6 is 0 Å². The molecule has 0 radical (unpaired) electrons. The average molecular weight is 348 g/mol. The Balaban J connectivity index is 1.95. The SMILES string of the molecule is CCCCC[C@@H](N[C@H](C)c1ccccc1)c1c(O)ccc2ccccc12. The number of rotatable bonds is 8. The van der Waals surface area contributed by atoms with Crippen LogP contribution in [0.15, 0.2) is 66.7 Å². The van der Waals surface area contributed by atoms with E-state index in [2.05, 4.69) is 67.7 Å². The van der Waals surface area contributed by atoms with Gasteiger partial charge < -0.3 is 10.4 Å². The second-order valence-corrected chi connectivity index (χ2v) is 7.07. The maximum Gasteiger partial charge on any atom is 0.120 e. The van der Waals surface area contributed by atoms with E-state index >= 15 is 0 Å². The topological polar surface area (TPSA) is 32.3 Å². The van der Waals surface area contributed by atoms with Gasteiger partial charge in [-0.1, -0.05) is 86.8 Å². The molecule has 0 aliphatic rings. The Morgan fingerprint density at radius 1 is 0.885 bits per heavy atom. The molecule has 3 aromatic rings. The van der Waals surface area contributed by atoms with E-state index in [1.165, 1.54) is 23.8 Å². The standard InChI is InChI=1S/C24H29NO/c1-3-4-6-15-22(25-18(2)19-11-7-5-8-12-19)24-21-14-10-9-13-20(21)16-17-23(24)26/h5,7-14,16-18,22,25-26H,3-4,6,15H2,1-2H3/t18-,22-/m1/s1. The van der Waals surface area contributed by atoms with Crippen LogP contribution < -0.4 is 5.32 Å². The summed E-state index contributed by atoms with van der Waals surface area (Å²) in [5, 5.41) is 16.8. The summed E-state index contributed by atoms with van der Waals surface area (Å²) in [5.74, 6) is 0.387. The minimum absolute atomic E-state index is 0.128. The van der Waals surface area contributed by atoms with Crippen LogP contribution in [0, 0.1) is 0 Å². The molecule has 2 heteroatoms. The largest absolute Gasteiger partial charge is 0.508 e. The molecule has 0 unspecified atom stereocenters. The van der Waals surface area contributed by atoms with Crippen LogP contribution in [0.3, 0.4) is 0 Å². The quantitative estimate of drug-likeness (QED) is 0.455. The van der Waals surface area contributed by atoms with E-state index in [-0.39, 0.29) is 12.1 Å². The van der Waals surface area contributed by atoms with Crippen LogP contribution in [0.5, 0.6) is 5.75 Å². The summed E-state index contributed by atoms with van der Waals surface area (Å²) >= 11 is 0. The first-order valence-electron chi connectivity index (χ1n) is 9.72. The number of aromatic hydroxyl groups is 1. The molecule has 0 aromatic heterocycles. The Morgan fingerprint density at radius 2 is 1.62 bits per heavy atom. The lowest BCUT2D eigenvalue weighted by atomic mass is 9.93. The van der Waals surface area contributed by atoms with Crippen LogP contribution in [0.25, 0.3) is 10.8 Å². The first-order valence-corrected chi connectivity index (χ1v) is 9.72. The third-order valence-electron chi connectivity index (χ3n) is 5.14. The predicted molar refractivity (Wildman–Crippen MR) is 110 cm³/mol. The molecule has 0 spiro atoms. The Labute approximate surface area is 156 Å². The van der Waals surface area contributed by atoms with Gasteiger partial charge in [-0.25, -0.2) is 0 Å². The first-order chi connectivity index (χ1) is 12.7. The van der Waals surface area contributed by atoms with Crippen molar-refractivity contribution in [2.24, 2.45) is 0 Å². The number of fused-ring (bicyclic) bond motifs is 1. The molecule has 0 saturated carbocycles. The lowest BCUT2D eigenvalue weighted by Crippen LogP contribution is -2.25. The molecule has 0 heterocycles. The highest BCUT2D eigenvalue weighted by atomic mass is 16.3. The molecule has 26 heavy (non-hydrogen) atoms. The van der Waals surface area contributed by atoms with Crippen molar-refractivity contribution in [3.05, 3.63) is 77.9 Å². The van der Waals surface area contributed by atoms with Crippen molar-refractivity contribution in [3.8, 4) is 5.75 Å². The van der Waals surface area contributed by atoms with Crippen LogP contribution in [0.1, 0.15) is 62.7 Å². The van der Waals surface area contributed by atoms with E-state index in [0.717, 1.165) is 23.8 Å². The summed E-state index contributed by atoms with van der Waals surface area (Å²) in [6.07, 6.45) is 4.58. The van der Waals surface area contributed by atoms with Crippen molar-refractivity contribution in [2.45, 2.75) is 51.6 Å². The van der Waals surface area contributed by atoms with E-state index in [0.29, 0.717) is 5.75 Å². The maximum absolute atomic E-state index is 10.7. The molecule has 3 aromatic carbocycles. The van der Waals surface area contributed by atoms with Crippen LogP contribution in [0.2, 0.25) is 0 Å². The molecule has 2 nitrogen and oxygen atoms in total. The van der Waals surface area contributed by atoms with Crippen molar-refractivity contribution in [2.75, 3.05) is 0 Å². The summed E-state index contributed by atoms with van der Waals surface area (Å²) in [4.78, 5) is 0. The smallest absolute Gasteiger partial charge is 0.120 e. The number of phenolic OH excluding ortho intramolecular Hbond substituents is 1. The molecule has 0 bridgehead atoms. The zero-order valence-electron chi connectivity index (χ0n) is 15.8. The molecule has 0 aliphatic carbocycles. The van der Waals surface area contributed by atoms with E-state index in [1.54, 1.807) is 0 Å². The van der Waals surface area contributed by atoms with Crippen molar-refractivity contribution >= 4 is 10.8 Å². The molecule has 0 fully saturated rings. The molecule has 136 valence electrons. The minimum atomic E-state index is 0.128. The van der Waals surface area contributed by atoms with Crippen molar-refractivity contribution in [1.29, 1.82) is 0 Å². The highest BCUT2D eigenvalue weighted by Crippen LogP contribution is 2.36. The van der Waals surface area contributed by atoms with Crippen LogP contribution in [0.4, 0.5) is 0 Å². The Morgan fingerprint density at radius 3 is 2.38 bits per heavy atom. The molecular formula is C24H29NO. The van der Waals surface area contributed by atoms with E-state index < -0.39 is 0 Å². The predicted octanol–water partition coefficient (Wildman–Crippen LogP) is 6.52. The van der Waals surface area contributed by atoms with Crippen molar-refractivity contribution in [1.82, 2.24) is 5.32 Å². The summed E-state index contributed by atoms with van der Waals surface area (Å²) in [5.41, 5.74) is 2.30. The highest BCUT2D eigenvalue weighted by Gasteiger charge is 2.20. The number of hydrogen-bond acceptors (Lipinski definition) is 2. The third-order valence-corrected chi connectivity index (χ3v) is 5.14. The molecule has 0 saturated heterocycles. The summed E-state index contributed by atoms with van der Waals surface area (Å²) < 4.78 is 0. The Hall–Kier alpha value is -2.32. The van der Waals surface area contributed by atoms with Gasteiger partial charge in [0.25, 0.3) is 0 Å². The number of benzene rings is 3. The second-order valence-electron chi connectivity index (χ2n) is 7.07.